The second kappa shape index (κ2) is 9.46. The number of benzene rings is 3. The number of halogens is 4. The summed E-state index contributed by atoms with van der Waals surface area (Å²) >= 11 is 0. The Kier molecular flexibility index (Phi) is 6.89. The molecular weight excluding hydrogens is 468 g/mol. The van der Waals surface area contributed by atoms with Crippen molar-refractivity contribution in [2.24, 2.45) is 5.14 Å². The van der Waals surface area contributed by atoms with Crippen molar-refractivity contribution in [3.8, 4) is 17.2 Å². The summed E-state index contributed by atoms with van der Waals surface area (Å²) < 4.78 is 85.1. The number of sulfonamides is 1. The van der Waals surface area contributed by atoms with Crippen molar-refractivity contribution in [1.82, 2.24) is 0 Å². The standard InChI is InChI=1S/C21H16F4N2O5S/c22-12-31-15-5-7-16(8-6-15)32-19-9-4-13(21(23,24)25)10-18(19)20(28)27-14-2-1-3-17(11-14)33(26,29)30/h1-11H,12H2,(H,27,28)(H2,26,29,30). The molecule has 0 saturated carbocycles. The summed E-state index contributed by atoms with van der Waals surface area (Å²) in [5.74, 6) is -0.849. The van der Waals surface area contributed by atoms with Gasteiger partial charge in [-0.1, -0.05) is 6.07 Å². The molecule has 0 spiro atoms. The maximum Gasteiger partial charge on any atom is 0.416 e. The van der Waals surface area contributed by atoms with E-state index in [2.05, 4.69) is 10.1 Å². The first-order chi connectivity index (χ1) is 15.5. The lowest BCUT2D eigenvalue weighted by molar-refractivity contribution is -0.137. The van der Waals surface area contributed by atoms with Crippen LogP contribution in [0.15, 0.2) is 71.6 Å². The van der Waals surface area contributed by atoms with E-state index < -0.39 is 40.1 Å². The van der Waals surface area contributed by atoms with Crippen molar-refractivity contribution in [3.05, 3.63) is 77.9 Å². The van der Waals surface area contributed by atoms with Crippen molar-refractivity contribution in [1.29, 1.82) is 0 Å². The third-order valence-electron chi connectivity index (χ3n) is 4.24. The third-order valence-corrected chi connectivity index (χ3v) is 5.16. The lowest BCUT2D eigenvalue weighted by Gasteiger charge is -2.15. The van der Waals surface area contributed by atoms with Crippen molar-refractivity contribution in [2.45, 2.75) is 11.1 Å². The Balaban J connectivity index is 1.95. The minimum Gasteiger partial charge on any atom is -0.463 e. The first kappa shape index (κ1) is 24.0. The first-order valence-corrected chi connectivity index (χ1v) is 10.6. The van der Waals surface area contributed by atoms with Crippen molar-refractivity contribution < 1.29 is 40.2 Å². The van der Waals surface area contributed by atoms with E-state index in [0.717, 1.165) is 18.2 Å². The zero-order valence-corrected chi connectivity index (χ0v) is 17.4. The number of alkyl halides is 4. The van der Waals surface area contributed by atoms with Crippen LogP contribution in [0, 0.1) is 0 Å². The second-order valence-corrected chi connectivity index (χ2v) is 8.12. The Hall–Kier alpha value is -3.64. The Labute approximate surface area is 185 Å². The van der Waals surface area contributed by atoms with Gasteiger partial charge in [-0.05, 0) is 60.7 Å². The summed E-state index contributed by atoms with van der Waals surface area (Å²) in [7, 11) is -4.07. The number of amides is 1. The highest BCUT2D eigenvalue weighted by molar-refractivity contribution is 7.89. The molecule has 0 atom stereocenters. The zero-order valence-electron chi connectivity index (χ0n) is 16.6. The molecule has 3 N–H and O–H groups in total. The third kappa shape index (κ3) is 6.20. The van der Waals surface area contributed by atoms with Crippen LogP contribution in [0.4, 0.5) is 23.2 Å². The largest absolute Gasteiger partial charge is 0.463 e. The highest BCUT2D eigenvalue weighted by Crippen LogP contribution is 2.35. The highest BCUT2D eigenvalue weighted by atomic mass is 32.2. The van der Waals surface area contributed by atoms with Crippen LogP contribution in [-0.2, 0) is 16.2 Å². The summed E-state index contributed by atoms with van der Waals surface area (Å²) in [4.78, 5) is 12.5. The summed E-state index contributed by atoms with van der Waals surface area (Å²) in [6.45, 7) is -1.05. The van der Waals surface area contributed by atoms with Crippen molar-refractivity contribution in [2.75, 3.05) is 12.2 Å². The Bertz CT molecular complexity index is 1260. The van der Waals surface area contributed by atoms with Crippen LogP contribution >= 0.6 is 0 Å². The SMILES string of the molecule is NS(=O)(=O)c1cccc(NC(=O)c2cc(C(F)(F)F)ccc2Oc2ccc(OCF)cc2)c1. The molecule has 3 rings (SSSR count). The average molecular weight is 484 g/mol. The van der Waals surface area contributed by atoms with Crippen LogP contribution in [0.3, 0.4) is 0 Å². The highest BCUT2D eigenvalue weighted by Gasteiger charge is 2.32. The van der Waals surface area contributed by atoms with Gasteiger partial charge < -0.3 is 14.8 Å². The Morgan fingerprint density at radius 1 is 0.970 bits per heavy atom. The van der Waals surface area contributed by atoms with E-state index >= 15 is 0 Å². The van der Waals surface area contributed by atoms with Gasteiger partial charge in [0.25, 0.3) is 5.91 Å². The van der Waals surface area contributed by atoms with Crippen LogP contribution < -0.4 is 19.9 Å². The van der Waals surface area contributed by atoms with E-state index in [1.807, 2.05) is 0 Å². The maximum absolute atomic E-state index is 13.2. The van der Waals surface area contributed by atoms with E-state index in [1.54, 1.807) is 0 Å². The van der Waals surface area contributed by atoms with E-state index in [-0.39, 0.29) is 27.8 Å². The van der Waals surface area contributed by atoms with Gasteiger partial charge in [0, 0.05) is 5.69 Å². The number of anilines is 1. The molecular formula is C21H16F4N2O5S. The fourth-order valence-corrected chi connectivity index (χ4v) is 3.28. The molecule has 0 aliphatic rings. The van der Waals surface area contributed by atoms with Crippen LogP contribution in [0.2, 0.25) is 0 Å². The van der Waals surface area contributed by atoms with E-state index in [4.69, 9.17) is 9.88 Å². The van der Waals surface area contributed by atoms with Gasteiger partial charge in [-0.15, -0.1) is 0 Å². The van der Waals surface area contributed by atoms with E-state index in [9.17, 15) is 30.8 Å². The normalized spacial score (nSPS) is 11.7. The lowest BCUT2D eigenvalue weighted by atomic mass is 10.1. The fourth-order valence-electron chi connectivity index (χ4n) is 2.72. The van der Waals surface area contributed by atoms with Crippen LogP contribution in [0.5, 0.6) is 17.2 Å². The Morgan fingerprint density at radius 3 is 2.24 bits per heavy atom. The number of ether oxygens (including phenoxy) is 2. The second-order valence-electron chi connectivity index (χ2n) is 6.56. The molecule has 12 heteroatoms. The van der Waals surface area contributed by atoms with Crippen LogP contribution in [-0.4, -0.2) is 21.2 Å². The molecule has 3 aromatic rings. The molecule has 174 valence electrons. The summed E-state index contributed by atoms with van der Waals surface area (Å²) in [5, 5.41) is 7.39. The lowest BCUT2D eigenvalue weighted by Crippen LogP contribution is -2.16. The number of nitrogens with one attached hydrogen (secondary N) is 1. The molecule has 0 aromatic heterocycles. The predicted octanol–water partition coefficient (Wildman–Crippen LogP) is 4.70. The van der Waals surface area contributed by atoms with Crippen molar-refractivity contribution >= 4 is 21.6 Å². The molecule has 0 heterocycles. The molecule has 0 aliphatic carbocycles. The number of hydrogen-bond acceptors (Lipinski definition) is 5. The Morgan fingerprint density at radius 2 is 1.64 bits per heavy atom. The van der Waals surface area contributed by atoms with E-state index in [1.165, 1.54) is 42.5 Å². The maximum atomic E-state index is 13.2. The molecule has 3 aromatic carbocycles. The molecule has 0 aliphatic heterocycles. The fraction of sp³-hybridized carbons (Fsp3) is 0.0952. The quantitative estimate of drug-likeness (QED) is 0.473. The molecule has 0 bridgehead atoms. The predicted molar refractivity (Wildman–Crippen MR) is 110 cm³/mol. The minimum absolute atomic E-state index is 0.0115. The van der Waals surface area contributed by atoms with Gasteiger partial charge in [-0.2, -0.15) is 13.2 Å². The zero-order chi connectivity index (χ0) is 24.2. The van der Waals surface area contributed by atoms with Gasteiger partial charge in [0.1, 0.15) is 17.2 Å². The van der Waals surface area contributed by atoms with Crippen LogP contribution in [0.1, 0.15) is 15.9 Å². The first-order valence-electron chi connectivity index (χ1n) is 9.09. The van der Waals surface area contributed by atoms with E-state index in [0.29, 0.717) is 6.07 Å². The number of carbonyl (C=O) groups excluding carboxylic acids is 1. The van der Waals surface area contributed by atoms with Gasteiger partial charge in [0.2, 0.25) is 16.9 Å². The van der Waals surface area contributed by atoms with Gasteiger partial charge in [0.15, 0.2) is 0 Å². The van der Waals surface area contributed by atoms with Gasteiger partial charge in [0.05, 0.1) is 16.0 Å². The minimum atomic E-state index is -4.73. The number of hydrogen-bond donors (Lipinski definition) is 2. The van der Waals surface area contributed by atoms with Gasteiger partial charge >= 0.3 is 6.18 Å². The molecule has 7 nitrogen and oxygen atoms in total. The summed E-state index contributed by atoms with van der Waals surface area (Å²) in [6, 6.07) is 12.7. The molecule has 33 heavy (non-hydrogen) atoms. The number of carbonyl (C=O) groups is 1. The summed E-state index contributed by atoms with van der Waals surface area (Å²) in [6.07, 6.45) is -4.73. The summed E-state index contributed by atoms with van der Waals surface area (Å²) in [5.41, 5.74) is -1.57. The molecule has 0 saturated heterocycles. The smallest absolute Gasteiger partial charge is 0.416 e. The number of primary sulfonamides is 1. The molecule has 1 amide bonds. The average Bonchev–Trinajstić information content (AvgIpc) is 2.74. The molecule has 0 unspecified atom stereocenters. The topological polar surface area (TPSA) is 108 Å². The van der Waals surface area contributed by atoms with Gasteiger partial charge in [-0.25, -0.2) is 17.9 Å². The number of nitrogens with two attached hydrogens (primary N) is 1. The molecule has 0 fully saturated rings. The monoisotopic (exact) mass is 484 g/mol. The molecule has 0 radical (unpaired) electrons. The van der Waals surface area contributed by atoms with Gasteiger partial charge in [-0.3, -0.25) is 4.79 Å². The van der Waals surface area contributed by atoms with Crippen molar-refractivity contribution in [3.63, 3.8) is 0 Å². The number of rotatable bonds is 7. The van der Waals surface area contributed by atoms with Crippen LogP contribution in [0.25, 0.3) is 0 Å².